The minimum absolute atomic E-state index is 0.0648. The minimum atomic E-state index is -1.05. The molecule has 206 valence electrons. The summed E-state index contributed by atoms with van der Waals surface area (Å²) in [5.41, 5.74) is 1.49. The maximum Gasteiger partial charge on any atom is 0.412 e. The van der Waals surface area contributed by atoms with Crippen molar-refractivity contribution in [2.45, 2.75) is 24.5 Å². The molecule has 2 atom stereocenters. The third-order valence-corrected chi connectivity index (χ3v) is 7.09. The summed E-state index contributed by atoms with van der Waals surface area (Å²) in [6.07, 6.45) is 0.662. The number of carbonyl (C=O) groups excluding carboxylic acids is 4. The Morgan fingerprint density at radius 3 is 2.70 bits per heavy atom. The van der Waals surface area contributed by atoms with Crippen molar-refractivity contribution in [2.24, 2.45) is 0 Å². The number of ether oxygens (including phenoxy) is 2. The van der Waals surface area contributed by atoms with Crippen LogP contribution in [0.5, 0.6) is 0 Å². The number of hydrogen-bond acceptors (Lipinski definition) is 7. The van der Waals surface area contributed by atoms with Gasteiger partial charge in [0.1, 0.15) is 11.7 Å². The Kier molecular flexibility index (Phi) is 7.56. The molecule has 11 nitrogen and oxygen atoms in total. The monoisotopic (exact) mass is 563 g/mol. The lowest BCUT2D eigenvalue weighted by Crippen LogP contribution is -2.50. The fraction of sp³-hybridized carbons (Fsp3) is 0.250. The molecule has 2 aromatic carbocycles. The Balaban J connectivity index is 1.36. The smallest absolute Gasteiger partial charge is 0.412 e. The van der Waals surface area contributed by atoms with Gasteiger partial charge in [0.2, 0.25) is 5.91 Å². The van der Waals surface area contributed by atoms with Crippen LogP contribution in [0, 0.1) is 0 Å². The average Bonchev–Trinajstić information content (AvgIpc) is 3.37. The van der Waals surface area contributed by atoms with Crippen LogP contribution in [0.15, 0.2) is 66.9 Å². The van der Waals surface area contributed by atoms with E-state index in [4.69, 9.17) is 16.3 Å². The van der Waals surface area contributed by atoms with Crippen molar-refractivity contribution in [1.29, 1.82) is 0 Å². The summed E-state index contributed by atoms with van der Waals surface area (Å²) < 4.78 is 10.3. The number of hydrogen-bond donors (Lipinski definition) is 3. The van der Waals surface area contributed by atoms with Gasteiger partial charge in [-0.1, -0.05) is 41.9 Å². The lowest BCUT2D eigenvalue weighted by molar-refractivity contribution is -0.133. The minimum Gasteiger partial charge on any atom is -0.453 e. The normalized spacial score (nSPS) is 18.2. The van der Waals surface area contributed by atoms with Gasteiger partial charge < -0.3 is 19.7 Å². The second kappa shape index (κ2) is 11.2. The summed E-state index contributed by atoms with van der Waals surface area (Å²) >= 11 is 6.24. The van der Waals surface area contributed by atoms with Crippen LogP contribution in [0.1, 0.15) is 28.0 Å². The van der Waals surface area contributed by atoms with Crippen LogP contribution in [0.2, 0.25) is 5.02 Å². The first-order valence-electron chi connectivity index (χ1n) is 12.5. The first-order chi connectivity index (χ1) is 19.3. The first kappa shape index (κ1) is 26.9. The lowest BCUT2D eigenvalue weighted by atomic mass is 9.90. The van der Waals surface area contributed by atoms with E-state index in [1.54, 1.807) is 23.1 Å². The zero-order valence-electron chi connectivity index (χ0n) is 21.5. The highest BCUT2D eigenvalue weighted by atomic mass is 35.5. The largest absolute Gasteiger partial charge is 0.453 e. The van der Waals surface area contributed by atoms with Crippen LogP contribution < -0.4 is 16.0 Å². The Morgan fingerprint density at radius 1 is 1.18 bits per heavy atom. The Labute approximate surface area is 234 Å². The van der Waals surface area contributed by atoms with Gasteiger partial charge >= 0.3 is 12.2 Å². The van der Waals surface area contributed by atoms with Gasteiger partial charge in [0.25, 0.3) is 5.91 Å². The molecule has 0 radical (unpaired) electrons. The molecule has 1 aromatic heterocycles. The molecule has 40 heavy (non-hydrogen) atoms. The number of likely N-dealkylation sites (tertiary alicyclic amines) is 1. The molecule has 0 bridgehead atoms. The highest BCUT2D eigenvalue weighted by Crippen LogP contribution is 2.43. The maximum absolute atomic E-state index is 13.9. The van der Waals surface area contributed by atoms with Crippen molar-refractivity contribution in [3.05, 3.63) is 88.7 Å². The molecular weight excluding hydrogens is 538 g/mol. The SMILES string of the molecule is COC(=O)Nc1ccc(C(=O)NC(Cc2ccccc2)C(=O)N2CCC3(C2)OC(=O)Nc2ccc(Cl)cc23)nc1. The number of halogens is 1. The number of carbonyl (C=O) groups is 4. The Hall–Kier alpha value is -4.64. The number of benzene rings is 2. The van der Waals surface area contributed by atoms with Gasteiger partial charge in [-0.3, -0.25) is 20.2 Å². The van der Waals surface area contributed by atoms with Crippen LogP contribution >= 0.6 is 11.6 Å². The summed E-state index contributed by atoms with van der Waals surface area (Å²) in [6.45, 7) is 0.422. The lowest BCUT2D eigenvalue weighted by Gasteiger charge is -2.35. The Morgan fingerprint density at radius 2 is 1.98 bits per heavy atom. The van der Waals surface area contributed by atoms with Gasteiger partial charge in [-0.05, 0) is 35.9 Å². The molecule has 4 amide bonds. The van der Waals surface area contributed by atoms with E-state index < -0.39 is 29.7 Å². The molecule has 2 unspecified atom stereocenters. The van der Waals surface area contributed by atoms with E-state index in [9.17, 15) is 19.2 Å². The number of amides is 4. The molecule has 1 fully saturated rings. The predicted molar refractivity (Wildman–Crippen MR) is 146 cm³/mol. The molecule has 1 spiro atoms. The van der Waals surface area contributed by atoms with Crippen molar-refractivity contribution in [3.8, 4) is 0 Å². The topological polar surface area (TPSA) is 139 Å². The third-order valence-electron chi connectivity index (χ3n) is 6.85. The van der Waals surface area contributed by atoms with E-state index in [0.717, 1.165) is 5.56 Å². The molecule has 3 heterocycles. The van der Waals surface area contributed by atoms with E-state index in [1.807, 2.05) is 30.3 Å². The standard InChI is InChI=1S/C28H26ClN5O6/c1-39-26(37)31-19-8-10-22(30-15-19)24(35)32-23(13-17-5-3-2-4-6-17)25(36)34-12-11-28(16-34)20-14-18(29)7-9-21(20)33-27(38)40-28/h2-10,14-15,23H,11-13,16H2,1H3,(H,31,37)(H,32,35)(H,33,38). The summed E-state index contributed by atoms with van der Waals surface area (Å²) in [6, 6.07) is 16.5. The molecule has 2 aliphatic heterocycles. The fourth-order valence-electron chi connectivity index (χ4n) is 4.92. The summed E-state index contributed by atoms with van der Waals surface area (Å²) in [5.74, 6) is -0.880. The van der Waals surface area contributed by atoms with Gasteiger partial charge in [-0.2, -0.15) is 0 Å². The van der Waals surface area contributed by atoms with E-state index >= 15 is 0 Å². The van der Waals surface area contributed by atoms with Crippen LogP contribution in [0.4, 0.5) is 21.0 Å². The molecular formula is C28H26ClN5O6. The van der Waals surface area contributed by atoms with Crippen LogP contribution in [-0.2, 0) is 26.3 Å². The van der Waals surface area contributed by atoms with Crippen molar-refractivity contribution >= 4 is 47.0 Å². The first-order valence-corrected chi connectivity index (χ1v) is 12.9. The second-order valence-corrected chi connectivity index (χ2v) is 9.91. The molecule has 12 heteroatoms. The van der Waals surface area contributed by atoms with E-state index in [-0.39, 0.29) is 24.6 Å². The van der Waals surface area contributed by atoms with Crippen molar-refractivity contribution in [1.82, 2.24) is 15.2 Å². The van der Waals surface area contributed by atoms with Crippen molar-refractivity contribution < 1.29 is 28.7 Å². The molecule has 0 saturated carbocycles. The van der Waals surface area contributed by atoms with Gasteiger partial charge in [0.05, 0.1) is 31.2 Å². The zero-order valence-corrected chi connectivity index (χ0v) is 22.2. The number of anilines is 2. The number of rotatable bonds is 6. The molecule has 3 N–H and O–H groups in total. The fourth-order valence-corrected chi connectivity index (χ4v) is 5.09. The molecule has 1 saturated heterocycles. The van der Waals surface area contributed by atoms with Gasteiger partial charge in [-0.25, -0.2) is 14.6 Å². The number of pyridine rings is 1. The van der Waals surface area contributed by atoms with Gasteiger partial charge in [-0.15, -0.1) is 0 Å². The quantitative estimate of drug-likeness (QED) is 0.413. The number of nitrogens with zero attached hydrogens (tertiary/aromatic N) is 2. The highest BCUT2D eigenvalue weighted by molar-refractivity contribution is 6.30. The number of methoxy groups -OCH3 is 1. The van der Waals surface area contributed by atoms with Crippen molar-refractivity contribution in [3.63, 3.8) is 0 Å². The average molecular weight is 564 g/mol. The highest BCUT2D eigenvalue weighted by Gasteiger charge is 2.49. The number of fused-ring (bicyclic) bond motifs is 2. The summed E-state index contributed by atoms with van der Waals surface area (Å²) in [4.78, 5) is 56.5. The van der Waals surface area contributed by atoms with E-state index in [0.29, 0.717) is 34.9 Å². The maximum atomic E-state index is 13.9. The predicted octanol–water partition coefficient (Wildman–Crippen LogP) is 3.94. The molecule has 2 aliphatic rings. The van der Waals surface area contributed by atoms with Crippen LogP contribution in [0.3, 0.4) is 0 Å². The van der Waals surface area contributed by atoms with Gasteiger partial charge in [0, 0.05) is 30.0 Å². The van der Waals surface area contributed by atoms with Crippen LogP contribution in [-0.4, -0.2) is 60.1 Å². The summed E-state index contributed by atoms with van der Waals surface area (Å²) in [5, 5.41) is 8.44. The van der Waals surface area contributed by atoms with E-state index in [2.05, 4.69) is 25.7 Å². The molecule has 0 aliphatic carbocycles. The summed E-state index contributed by atoms with van der Waals surface area (Å²) in [7, 11) is 1.24. The molecule has 5 rings (SSSR count). The van der Waals surface area contributed by atoms with E-state index in [1.165, 1.54) is 25.4 Å². The second-order valence-electron chi connectivity index (χ2n) is 9.47. The number of aromatic nitrogens is 1. The Bertz CT molecular complexity index is 1450. The van der Waals surface area contributed by atoms with Crippen LogP contribution in [0.25, 0.3) is 0 Å². The van der Waals surface area contributed by atoms with Gasteiger partial charge in [0.15, 0.2) is 5.60 Å². The zero-order chi connectivity index (χ0) is 28.3. The third kappa shape index (κ3) is 5.69. The molecule has 3 aromatic rings. The van der Waals surface area contributed by atoms with Crippen molar-refractivity contribution in [2.75, 3.05) is 30.8 Å². The number of nitrogens with one attached hydrogen (secondary N) is 3.